The minimum absolute atomic E-state index is 0.0199. The zero-order chi connectivity index (χ0) is 103. The van der Waals surface area contributed by atoms with Crippen LogP contribution in [0, 0.1) is 23.3 Å². The van der Waals surface area contributed by atoms with Crippen LogP contribution in [0.1, 0.15) is 182 Å². The van der Waals surface area contributed by atoms with Crippen molar-refractivity contribution in [2.75, 3.05) is 100.0 Å². The monoisotopic (exact) mass is 2140 g/mol. The van der Waals surface area contributed by atoms with Crippen molar-refractivity contribution in [1.82, 2.24) is 69.9 Å². The van der Waals surface area contributed by atoms with E-state index in [1.165, 1.54) is 87.6 Å². The molecule has 780 valence electrons. The Kier molecular flexibility index (Phi) is 38.5. The molecule has 8 aromatic rings. The van der Waals surface area contributed by atoms with Gasteiger partial charge in [0.15, 0.2) is 122 Å². The van der Waals surface area contributed by atoms with Crippen LogP contribution in [0.5, 0.6) is 0 Å². The average molecular weight is 2150 g/mol. The number of methoxy groups -OCH3 is 4. The summed E-state index contributed by atoms with van der Waals surface area (Å²) < 4.78 is 146. The van der Waals surface area contributed by atoms with E-state index in [0.29, 0.717) is 80.3 Å². The van der Waals surface area contributed by atoms with Gasteiger partial charge in [-0.2, -0.15) is 0 Å². The van der Waals surface area contributed by atoms with Gasteiger partial charge >= 0.3 is 23.9 Å². The maximum Gasteiger partial charge on any atom is 0.331 e. The molecule has 4 saturated heterocycles. The Bertz CT molecular complexity index is 5690. The van der Waals surface area contributed by atoms with Crippen molar-refractivity contribution in [3.05, 3.63) is 91.4 Å². The van der Waals surface area contributed by atoms with E-state index in [-0.39, 0.29) is 161 Å². The molecule has 6 unspecified atom stereocenters. The summed E-state index contributed by atoms with van der Waals surface area (Å²) in [7, 11) is 5.28. The Morgan fingerprint density at radius 2 is 0.739 bits per heavy atom. The van der Waals surface area contributed by atoms with E-state index in [9.17, 15) is 36.7 Å². The van der Waals surface area contributed by atoms with Crippen LogP contribution in [0.25, 0.3) is 22.3 Å². The number of aromatic nitrogens is 14. The summed E-state index contributed by atoms with van der Waals surface area (Å²) in [6, 6.07) is 7.21. The van der Waals surface area contributed by atoms with Crippen LogP contribution in [-0.4, -0.2) is 292 Å². The average Bonchev–Trinajstić information content (AvgIpc) is 1.61. The van der Waals surface area contributed by atoms with Crippen LogP contribution >= 0.6 is 93.5 Å². The van der Waals surface area contributed by atoms with Crippen molar-refractivity contribution in [3.8, 4) is 0 Å². The predicted octanol–water partition coefficient (Wildman–Crippen LogP) is 13.3. The normalized spacial score (nSPS) is 27.5. The summed E-state index contributed by atoms with van der Waals surface area (Å²) >= 11 is 30.1. The molecule has 0 spiro atoms. The first-order valence-corrected chi connectivity index (χ1v) is 51.8. The van der Waals surface area contributed by atoms with Gasteiger partial charge in [-0.05, 0) is 142 Å². The molecule has 10 aliphatic rings. The van der Waals surface area contributed by atoms with Crippen molar-refractivity contribution in [2.45, 2.75) is 312 Å². The first-order valence-electron chi connectivity index (χ1n) is 46.3. The number of nitrogens with one attached hydrogen (secondary N) is 2. The largest absolute Gasteiger partial charge is 0.467 e. The lowest BCUT2D eigenvalue weighted by Crippen LogP contribution is -2.35. The molecule has 40 nitrogen and oxygen atoms in total. The van der Waals surface area contributed by atoms with E-state index in [2.05, 4.69) is 103 Å². The fourth-order valence-electron chi connectivity index (χ4n) is 17.2. The van der Waals surface area contributed by atoms with Gasteiger partial charge in [0.2, 0.25) is 0 Å². The minimum atomic E-state index is -0.863. The lowest BCUT2D eigenvalue weighted by Gasteiger charge is -2.24. The Hall–Kier alpha value is -7.64. The molecule has 20 atom stereocenters. The van der Waals surface area contributed by atoms with Crippen LogP contribution in [0.4, 0.5) is 40.6 Å². The highest BCUT2D eigenvalue weighted by Crippen LogP contribution is 2.51. The van der Waals surface area contributed by atoms with Gasteiger partial charge in [-0.25, -0.2) is 86.0 Å². The molecule has 10 heterocycles. The van der Waals surface area contributed by atoms with E-state index in [0.717, 1.165) is 84.8 Å². The number of nitrogen functional groups attached to an aromatic ring is 2. The lowest BCUT2D eigenvalue weighted by molar-refractivity contribution is -0.174. The summed E-state index contributed by atoms with van der Waals surface area (Å²) in [6.45, 7) is 22.5. The number of nitrogens with zero attached hydrogens (tertiary/aromatic N) is 14. The highest BCUT2D eigenvalue weighted by atomic mass is 35.5. The molecular weight excluding hydrogens is 2030 g/mol. The number of esters is 4. The summed E-state index contributed by atoms with van der Waals surface area (Å²) in [5.74, 6) is -3.34. The fraction of sp³-hybridized carbons (Fsp3) is 0.644. The van der Waals surface area contributed by atoms with Gasteiger partial charge in [0, 0.05) is 65.8 Å². The smallest absolute Gasteiger partial charge is 0.331 e. The van der Waals surface area contributed by atoms with Gasteiger partial charge in [-0.15, -0.1) is 10.2 Å². The van der Waals surface area contributed by atoms with Crippen LogP contribution in [0.2, 0.25) is 20.6 Å². The number of thioether (sulfide) groups is 4. The van der Waals surface area contributed by atoms with Crippen LogP contribution in [0.3, 0.4) is 0 Å². The third-order valence-corrected chi connectivity index (χ3v) is 29.2. The van der Waals surface area contributed by atoms with Gasteiger partial charge in [-0.3, -0.25) is 0 Å². The second kappa shape index (κ2) is 49.0. The van der Waals surface area contributed by atoms with E-state index in [4.69, 9.17) is 141 Å². The molecule has 6 saturated carbocycles. The minimum Gasteiger partial charge on any atom is -0.467 e. The van der Waals surface area contributed by atoms with Crippen LogP contribution < -0.4 is 33.6 Å². The zero-order valence-corrected chi connectivity index (χ0v) is 87.4. The molecule has 4 aliphatic heterocycles. The Balaban J connectivity index is 0.000000151. The van der Waals surface area contributed by atoms with Crippen molar-refractivity contribution in [1.29, 1.82) is 0 Å². The fourth-order valence-corrected chi connectivity index (χ4v) is 20.9. The summed E-state index contributed by atoms with van der Waals surface area (Å²) in [5.41, 5.74) is 27.2. The molecule has 18 rings (SSSR count). The predicted molar refractivity (Wildman–Crippen MR) is 520 cm³/mol. The van der Waals surface area contributed by atoms with E-state index in [1.54, 1.807) is 21.5 Å². The number of ether oxygens (including phenoxy) is 16. The quantitative estimate of drug-likeness (QED) is 0.00569. The second-order valence-electron chi connectivity index (χ2n) is 36.4. The number of hydrogen-bond acceptors (Lipinski definition) is 42. The lowest BCUT2D eigenvalue weighted by atomic mass is 10.1. The SMILES string of the molecule is CCCSc1nc(Cl)c(N)c(Cl)n1.CCCSc1nc(Cl)c(N)c(N[C@@H]2C[C@H](OCC(=O)OC)[C@H]3OC(C)(C)OC23)n1.CCCSc1nc(Cl)c2nnn([C@@H]3C[C@H](OCC(=O)OC)[C@H]4OC(C)(C)OC34)c2n1.CCCSc1nc(NC2C[C@H]2c2ccc(F)c(F)c2)c2nnn([C@@H]3C[C@H](OCC(=O)OC)[C@H]4OC(C)(C)OC34)c2n1.COC(=O)CO[C@H]1C[C@@H](N)C2OC(C)(C)O[C@@H]21.N[C@@H]1CC1c1ccc(F)c(F)c1. The summed E-state index contributed by atoms with van der Waals surface area (Å²) in [6.07, 6.45) is 3.87. The number of carbonyl (C=O) groups is 4. The maximum atomic E-state index is 13.8. The highest BCUT2D eigenvalue weighted by Gasteiger charge is 2.60. The number of hydrogen-bond donors (Lipinski definition) is 6. The molecular formula is C90H120Cl4F4N20O20S4. The van der Waals surface area contributed by atoms with E-state index >= 15 is 0 Å². The van der Waals surface area contributed by atoms with Crippen molar-refractivity contribution < 1.29 is 113 Å². The third kappa shape index (κ3) is 28.2. The van der Waals surface area contributed by atoms with Gasteiger partial charge in [0.25, 0.3) is 0 Å². The molecule has 10 fully saturated rings. The molecule has 6 aromatic heterocycles. The third-order valence-electron chi connectivity index (χ3n) is 23.9. The van der Waals surface area contributed by atoms with E-state index in [1.807, 2.05) is 55.4 Å². The topological polar surface area (TPSA) is 509 Å². The molecule has 6 aliphatic carbocycles. The first-order chi connectivity index (χ1) is 67.5. The molecule has 142 heavy (non-hydrogen) atoms. The van der Waals surface area contributed by atoms with Gasteiger partial charge in [0.1, 0.15) is 86.6 Å². The molecule has 0 amide bonds. The number of rotatable bonds is 32. The number of halogens is 8. The van der Waals surface area contributed by atoms with Gasteiger partial charge in [0.05, 0.1) is 71.0 Å². The van der Waals surface area contributed by atoms with Crippen molar-refractivity contribution in [2.24, 2.45) is 11.5 Å². The first kappa shape index (κ1) is 112. The Labute approximate surface area is 854 Å². The maximum absolute atomic E-state index is 13.8. The number of fused-ring (bicyclic) bond motifs is 6. The second-order valence-corrected chi connectivity index (χ2v) is 42.1. The Morgan fingerprint density at radius 1 is 0.401 bits per heavy atom. The molecule has 0 radical (unpaired) electrons. The van der Waals surface area contributed by atoms with Crippen molar-refractivity contribution >= 4 is 163 Å². The molecule has 52 heteroatoms. The number of benzene rings is 2. The number of anilines is 4. The standard InChI is InChI=1S/C27H32F2N6O5S.C18H24ClN5O5S.C18H27ClN4O5S.C11H19NO5.C9H9F2N.C7H9Cl2N3S/c1-5-8-41-26-31-24(30-17-10-14(17)13-6-7-15(28)16(29)9-13)21-25(32-26)35(34-33-21)18-11-19(38-12-20(36)37-4)23-22(18)39-27(2,3)40-23;1-5-6-30-17-20-15(19)12-16(21-17)24(23-22-12)9-7-10(27-8-11(25)26-4)14-13(9)28-18(2,3)29-14;1-5-6-29-17-22-15(19)12(20)16(23-17)21-9-7-10(26-8-11(24)25-4)14-13(9)27-18(2,3)28-14;1-11(2)16-9-6(12)4-7(10(9)17-11)15-5-8(13)14-3;10-7-2-1-5(3-8(7)11)6-4-9(6)12;1-2-3-13-7-11-5(8)4(10)6(9)12-7/h6-7,9,14,17-19,22-23H,5,8,10-12H2,1-4H3,(H,30,31,32);9-10,13-14H,5-8H2,1-4H3;9-10,13-14H,5-8,20H2,1-4H3,(H,21,22,23);6-7,9-10H,4-5,12H2,1-3H3;1-3,6,9H,4,12H2;2-3,10H2,1H3/t14-,17?,18+,19-,22?,23+;2*9-,10+,13?,14-;6-,7+,9?,10-;6?,9-;/m01111./s1. The number of nitrogens with two attached hydrogens (primary N) is 4. The molecule has 10 N–H and O–H groups in total. The van der Waals surface area contributed by atoms with Crippen LogP contribution in [-0.2, 0) is 95.0 Å². The highest BCUT2D eigenvalue weighted by molar-refractivity contribution is 7.99. The van der Waals surface area contributed by atoms with Crippen molar-refractivity contribution in [3.63, 3.8) is 0 Å². The molecule has 2 aromatic carbocycles. The Morgan fingerprint density at radius 3 is 1.17 bits per heavy atom. The molecule has 0 bridgehead atoms. The number of carbonyl (C=O) groups excluding carboxylic acids is 4. The van der Waals surface area contributed by atoms with Gasteiger partial charge in [-0.1, -0.05) is 144 Å². The van der Waals surface area contributed by atoms with Gasteiger partial charge < -0.3 is 109 Å². The van der Waals surface area contributed by atoms with Crippen LogP contribution in [0.15, 0.2) is 57.0 Å². The summed E-state index contributed by atoms with van der Waals surface area (Å²) in [5, 5.41) is 27.4. The van der Waals surface area contributed by atoms with E-state index < -0.39 is 88.6 Å². The zero-order valence-electron chi connectivity index (χ0n) is 81.1. The summed E-state index contributed by atoms with van der Waals surface area (Å²) in [4.78, 5) is 81.0.